The molecule has 0 saturated heterocycles. The molecule has 0 fully saturated rings. The molecule has 150 valence electrons. The van der Waals surface area contributed by atoms with Crippen LogP contribution in [-0.2, 0) is 9.53 Å². The molecule has 2 atom stereocenters. The zero-order valence-electron chi connectivity index (χ0n) is 16.8. The first-order valence-corrected chi connectivity index (χ1v) is 9.58. The van der Waals surface area contributed by atoms with Crippen molar-refractivity contribution < 1.29 is 19.1 Å². The second-order valence-electron chi connectivity index (χ2n) is 6.64. The highest BCUT2D eigenvalue weighted by molar-refractivity contribution is 6.01. The fraction of sp³-hybridized carbons (Fsp3) is 0.304. The Morgan fingerprint density at radius 2 is 1.93 bits per heavy atom. The first-order chi connectivity index (χ1) is 14.0. The molecule has 0 aliphatic carbocycles. The molecule has 1 N–H and O–H groups in total. The van der Waals surface area contributed by atoms with E-state index in [1.807, 2.05) is 38.1 Å². The van der Waals surface area contributed by atoms with Crippen LogP contribution in [0.15, 0.2) is 48.5 Å². The highest BCUT2D eigenvalue weighted by Gasteiger charge is 2.28. The summed E-state index contributed by atoms with van der Waals surface area (Å²) in [5.74, 6) is 6.06. The lowest BCUT2D eigenvalue weighted by molar-refractivity contribution is -0.145. The van der Waals surface area contributed by atoms with Crippen LogP contribution in [0.4, 0.5) is 5.69 Å². The van der Waals surface area contributed by atoms with Gasteiger partial charge in [0.05, 0.1) is 18.3 Å². The van der Waals surface area contributed by atoms with Crippen LogP contribution in [-0.4, -0.2) is 42.2 Å². The molecule has 1 heterocycles. The predicted octanol–water partition coefficient (Wildman–Crippen LogP) is 3.28. The summed E-state index contributed by atoms with van der Waals surface area (Å²) in [6.45, 7) is 6.17. The number of benzene rings is 2. The monoisotopic (exact) mass is 392 g/mol. The molecule has 2 aromatic rings. The van der Waals surface area contributed by atoms with Crippen molar-refractivity contribution in [2.45, 2.75) is 33.0 Å². The van der Waals surface area contributed by atoms with Gasteiger partial charge >= 0.3 is 5.97 Å². The minimum Gasteiger partial charge on any atom is -0.425 e. The van der Waals surface area contributed by atoms with Gasteiger partial charge in [0.25, 0.3) is 5.91 Å². The number of ether oxygens (including phenoxy) is 2. The van der Waals surface area contributed by atoms with Crippen LogP contribution in [0.5, 0.6) is 5.75 Å². The molecule has 6 heteroatoms. The van der Waals surface area contributed by atoms with Crippen molar-refractivity contribution in [1.29, 1.82) is 0 Å². The number of rotatable bonds is 5. The van der Waals surface area contributed by atoms with Gasteiger partial charge in [-0.1, -0.05) is 24.0 Å². The molecule has 2 aromatic carbocycles. The van der Waals surface area contributed by atoms with E-state index in [0.29, 0.717) is 24.5 Å². The predicted molar refractivity (Wildman–Crippen MR) is 111 cm³/mol. The number of carbonyl (C=O) groups is 2. The van der Waals surface area contributed by atoms with Crippen molar-refractivity contribution in [3.05, 3.63) is 59.7 Å². The second-order valence-corrected chi connectivity index (χ2v) is 6.64. The Balaban J connectivity index is 1.61. The van der Waals surface area contributed by atoms with E-state index in [9.17, 15) is 9.59 Å². The van der Waals surface area contributed by atoms with Gasteiger partial charge in [0.15, 0.2) is 6.10 Å². The van der Waals surface area contributed by atoms with Crippen LogP contribution in [0.1, 0.15) is 36.7 Å². The summed E-state index contributed by atoms with van der Waals surface area (Å²) in [5, 5.41) is 3.31. The van der Waals surface area contributed by atoms with Gasteiger partial charge in [-0.15, -0.1) is 0 Å². The maximum atomic E-state index is 12.7. The van der Waals surface area contributed by atoms with E-state index in [1.165, 1.54) is 0 Å². The normalized spacial score (nSPS) is 16.2. The SMILES string of the molecule is CCOC(C)C(=O)Oc1ccc(C#CCN2C(=O)c3ccccc3NC2C)cc1. The Morgan fingerprint density at radius 3 is 2.66 bits per heavy atom. The van der Waals surface area contributed by atoms with Crippen LogP contribution in [0.3, 0.4) is 0 Å². The first kappa shape index (κ1) is 20.4. The van der Waals surface area contributed by atoms with Gasteiger partial charge in [0.1, 0.15) is 5.75 Å². The average molecular weight is 392 g/mol. The van der Waals surface area contributed by atoms with E-state index in [-0.39, 0.29) is 12.1 Å². The summed E-state index contributed by atoms with van der Waals surface area (Å²) < 4.78 is 10.5. The lowest BCUT2D eigenvalue weighted by Gasteiger charge is -2.34. The molecule has 29 heavy (non-hydrogen) atoms. The molecule has 0 saturated carbocycles. The van der Waals surface area contributed by atoms with Gasteiger partial charge in [-0.2, -0.15) is 0 Å². The Hall–Kier alpha value is -3.30. The van der Waals surface area contributed by atoms with E-state index in [0.717, 1.165) is 11.3 Å². The molecule has 2 unspecified atom stereocenters. The van der Waals surface area contributed by atoms with Crippen LogP contribution < -0.4 is 10.1 Å². The quantitative estimate of drug-likeness (QED) is 0.481. The number of amides is 1. The minimum atomic E-state index is -0.609. The number of para-hydroxylation sites is 1. The van der Waals surface area contributed by atoms with Gasteiger partial charge in [0, 0.05) is 17.9 Å². The van der Waals surface area contributed by atoms with Gasteiger partial charge < -0.3 is 19.7 Å². The summed E-state index contributed by atoms with van der Waals surface area (Å²) in [6, 6.07) is 14.4. The molecule has 3 rings (SSSR count). The van der Waals surface area contributed by atoms with Gasteiger partial charge in [-0.05, 0) is 57.2 Å². The Morgan fingerprint density at radius 1 is 1.21 bits per heavy atom. The Labute approximate surface area is 170 Å². The highest BCUT2D eigenvalue weighted by atomic mass is 16.6. The smallest absolute Gasteiger partial charge is 0.340 e. The standard InChI is InChI=1S/C23H24N2O4/c1-4-28-16(2)23(27)29-19-13-11-18(12-14-19)8-7-15-25-17(3)24-21-10-6-5-9-20(21)22(25)26/h5-6,9-14,16-17,24H,4,15H2,1-3H3. The molecule has 0 aromatic heterocycles. The number of hydrogen-bond donors (Lipinski definition) is 1. The Bertz CT molecular complexity index is 943. The molecule has 1 amide bonds. The van der Waals surface area contributed by atoms with Crippen LogP contribution >= 0.6 is 0 Å². The molecule has 1 aliphatic heterocycles. The first-order valence-electron chi connectivity index (χ1n) is 9.58. The van der Waals surface area contributed by atoms with Crippen molar-refractivity contribution >= 4 is 17.6 Å². The number of nitrogens with zero attached hydrogens (tertiary/aromatic N) is 1. The molecule has 0 spiro atoms. The number of anilines is 1. The highest BCUT2D eigenvalue weighted by Crippen LogP contribution is 2.24. The summed E-state index contributed by atoms with van der Waals surface area (Å²) in [7, 11) is 0. The third kappa shape index (κ3) is 4.95. The van der Waals surface area contributed by atoms with Crippen molar-refractivity contribution in [3.63, 3.8) is 0 Å². The number of hydrogen-bond acceptors (Lipinski definition) is 5. The van der Waals surface area contributed by atoms with Gasteiger partial charge in [0.2, 0.25) is 0 Å². The maximum absolute atomic E-state index is 12.7. The van der Waals surface area contributed by atoms with Crippen LogP contribution in [0.25, 0.3) is 0 Å². The van der Waals surface area contributed by atoms with Gasteiger partial charge in [-0.3, -0.25) is 4.79 Å². The topological polar surface area (TPSA) is 67.9 Å². The fourth-order valence-electron chi connectivity index (χ4n) is 2.99. The number of fused-ring (bicyclic) bond motifs is 1. The zero-order valence-corrected chi connectivity index (χ0v) is 16.8. The fourth-order valence-corrected chi connectivity index (χ4v) is 2.99. The van der Waals surface area contributed by atoms with Crippen molar-refractivity contribution in [2.75, 3.05) is 18.5 Å². The van der Waals surface area contributed by atoms with Crippen LogP contribution in [0, 0.1) is 11.8 Å². The third-order valence-electron chi connectivity index (χ3n) is 4.55. The number of nitrogens with one attached hydrogen (secondary N) is 1. The summed E-state index contributed by atoms with van der Waals surface area (Å²) >= 11 is 0. The van der Waals surface area contributed by atoms with Crippen molar-refractivity contribution in [2.24, 2.45) is 0 Å². The molecule has 0 radical (unpaired) electrons. The lowest BCUT2D eigenvalue weighted by atomic mass is 10.1. The minimum absolute atomic E-state index is 0.0353. The van der Waals surface area contributed by atoms with Crippen molar-refractivity contribution in [1.82, 2.24) is 4.90 Å². The zero-order chi connectivity index (χ0) is 20.8. The lowest BCUT2D eigenvalue weighted by Crippen LogP contribution is -2.47. The number of carbonyl (C=O) groups excluding carboxylic acids is 2. The van der Waals surface area contributed by atoms with Crippen molar-refractivity contribution in [3.8, 4) is 17.6 Å². The van der Waals surface area contributed by atoms with Crippen LogP contribution in [0.2, 0.25) is 0 Å². The summed E-state index contributed by atoms with van der Waals surface area (Å²) in [6.07, 6.45) is -0.747. The molecular formula is C23H24N2O4. The van der Waals surface area contributed by atoms with E-state index in [4.69, 9.17) is 9.47 Å². The number of esters is 1. The van der Waals surface area contributed by atoms with E-state index < -0.39 is 12.1 Å². The summed E-state index contributed by atoms with van der Waals surface area (Å²) in [5.41, 5.74) is 2.27. The largest absolute Gasteiger partial charge is 0.425 e. The third-order valence-corrected chi connectivity index (χ3v) is 4.55. The second kappa shape index (κ2) is 9.26. The molecular weight excluding hydrogens is 368 g/mol. The average Bonchev–Trinajstić information content (AvgIpc) is 2.72. The molecule has 1 aliphatic rings. The Kier molecular flexibility index (Phi) is 6.53. The molecule has 6 nitrogen and oxygen atoms in total. The summed E-state index contributed by atoms with van der Waals surface area (Å²) in [4.78, 5) is 26.2. The molecule has 0 bridgehead atoms. The van der Waals surface area contributed by atoms with E-state index >= 15 is 0 Å². The van der Waals surface area contributed by atoms with E-state index in [2.05, 4.69) is 17.2 Å². The van der Waals surface area contributed by atoms with Gasteiger partial charge in [-0.25, -0.2) is 4.79 Å². The maximum Gasteiger partial charge on any atom is 0.340 e. The van der Waals surface area contributed by atoms with E-state index in [1.54, 1.807) is 36.1 Å².